The van der Waals surface area contributed by atoms with Gasteiger partial charge in [-0.25, -0.2) is 4.79 Å². The van der Waals surface area contributed by atoms with Crippen LogP contribution >= 0.6 is 11.8 Å². The van der Waals surface area contributed by atoms with Crippen molar-refractivity contribution in [2.24, 2.45) is 0 Å². The standard InChI is InChI=1S/C21H21N3O3S/c1-27-15-7-3-13(4-8-15)11-24-12-17-18(20(24)25)19(23-21(26)22-17)14-5-9-16(28-2)10-6-14/h3-10,19H,11-12H2,1-2H3,(H2,22,23,26)/t19-/m0/s1. The predicted octanol–water partition coefficient (Wildman–Crippen LogP) is 3.07. The Hall–Kier alpha value is -2.93. The number of ether oxygens (including phenoxy) is 1. The molecule has 0 fully saturated rings. The highest BCUT2D eigenvalue weighted by Gasteiger charge is 2.40. The molecule has 0 saturated carbocycles. The lowest BCUT2D eigenvalue weighted by atomic mass is 9.96. The molecule has 1 atom stereocenters. The van der Waals surface area contributed by atoms with E-state index < -0.39 is 6.04 Å². The Morgan fingerprint density at radius 1 is 1.11 bits per heavy atom. The molecule has 0 aromatic heterocycles. The molecule has 0 radical (unpaired) electrons. The summed E-state index contributed by atoms with van der Waals surface area (Å²) < 4.78 is 5.18. The number of nitrogens with zero attached hydrogens (tertiary/aromatic N) is 1. The van der Waals surface area contributed by atoms with Gasteiger partial charge in [0.05, 0.1) is 31.0 Å². The third kappa shape index (κ3) is 3.45. The minimum atomic E-state index is -0.437. The molecule has 0 unspecified atom stereocenters. The van der Waals surface area contributed by atoms with Gasteiger partial charge in [0.2, 0.25) is 0 Å². The fourth-order valence-corrected chi connectivity index (χ4v) is 3.96. The molecule has 4 rings (SSSR count). The molecule has 2 aliphatic rings. The first-order valence-corrected chi connectivity index (χ1v) is 10.2. The van der Waals surface area contributed by atoms with Crippen molar-refractivity contribution in [2.45, 2.75) is 17.5 Å². The van der Waals surface area contributed by atoms with Crippen LogP contribution in [-0.4, -0.2) is 36.7 Å². The van der Waals surface area contributed by atoms with Crippen molar-refractivity contribution in [1.29, 1.82) is 0 Å². The molecule has 0 bridgehead atoms. The molecule has 2 aromatic carbocycles. The van der Waals surface area contributed by atoms with Crippen LogP contribution in [0.15, 0.2) is 64.7 Å². The second kappa shape index (κ2) is 7.59. The highest BCUT2D eigenvalue weighted by Crippen LogP contribution is 2.33. The number of urea groups is 1. The molecular weight excluding hydrogens is 374 g/mol. The van der Waals surface area contributed by atoms with E-state index in [0.717, 1.165) is 21.8 Å². The van der Waals surface area contributed by atoms with E-state index in [1.165, 1.54) is 0 Å². The van der Waals surface area contributed by atoms with Gasteiger partial charge in [0.25, 0.3) is 5.91 Å². The fourth-order valence-electron chi connectivity index (χ4n) is 3.55. The molecule has 6 nitrogen and oxygen atoms in total. The van der Waals surface area contributed by atoms with Gasteiger partial charge in [-0.2, -0.15) is 0 Å². The van der Waals surface area contributed by atoms with Crippen LogP contribution in [0, 0.1) is 0 Å². The molecule has 2 aliphatic heterocycles. The SMILES string of the molecule is COc1ccc(CN2CC3=C(C2=O)[C@H](c2ccc(SC)cc2)NC(=O)N3)cc1. The van der Waals surface area contributed by atoms with Crippen molar-refractivity contribution in [3.63, 3.8) is 0 Å². The van der Waals surface area contributed by atoms with Crippen LogP contribution in [0.4, 0.5) is 4.79 Å². The second-order valence-corrected chi connectivity index (χ2v) is 7.59. The average molecular weight is 395 g/mol. The van der Waals surface area contributed by atoms with Crippen molar-refractivity contribution >= 4 is 23.7 Å². The highest BCUT2D eigenvalue weighted by molar-refractivity contribution is 7.98. The first kappa shape index (κ1) is 18.4. The Kier molecular flexibility index (Phi) is 5.00. The molecule has 3 amide bonds. The van der Waals surface area contributed by atoms with Crippen molar-refractivity contribution in [1.82, 2.24) is 15.5 Å². The monoisotopic (exact) mass is 395 g/mol. The summed E-state index contributed by atoms with van der Waals surface area (Å²) in [5.41, 5.74) is 3.21. The summed E-state index contributed by atoms with van der Waals surface area (Å²) in [4.78, 5) is 28.2. The van der Waals surface area contributed by atoms with Gasteiger partial charge in [-0.1, -0.05) is 24.3 Å². The van der Waals surface area contributed by atoms with E-state index >= 15 is 0 Å². The van der Waals surface area contributed by atoms with E-state index in [4.69, 9.17) is 4.74 Å². The number of methoxy groups -OCH3 is 1. The Morgan fingerprint density at radius 2 is 1.82 bits per heavy atom. The topological polar surface area (TPSA) is 70.7 Å². The number of hydrogen-bond acceptors (Lipinski definition) is 4. The molecule has 2 N–H and O–H groups in total. The quantitative estimate of drug-likeness (QED) is 0.764. The first-order chi connectivity index (χ1) is 13.6. The average Bonchev–Trinajstić information content (AvgIpc) is 3.03. The van der Waals surface area contributed by atoms with Crippen LogP contribution in [0.25, 0.3) is 0 Å². The lowest BCUT2D eigenvalue weighted by molar-refractivity contribution is -0.126. The number of thioether (sulfide) groups is 1. The van der Waals surface area contributed by atoms with Gasteiger partial charge < -0.3 is 20.3 Å². The fraction of sp³-hybridized carbons (Fsp3) is 0.238. The molecule has 0 aliphatic carbocycles. The minimum absolute atomic E-state index is 0.0581. The lowest BCUT2D eigenvalue weighted by Gasteiger charge is -2.25. The van der Waals surface area contributed by atoms with E-state index in [0.29, 0.717) is 24.4 Å². The zero-order valence-corrected chi connectivity index (χ0v) is 16.5. The number of nitrogens with one attached hydrogen (secondary N) is 2. The van der Waals surface area contributed by atoms with Crippen LogP contribution in [0.5, 0.6) is 5.75 Å². The van der Waals surface area contributed by atoms with Gasteiger partial charge in [0.1, 0.15) is 5.75 Å². The van der Waals surface area contributed by atoms with Crippen molar-refractivity contribution in [3.05, 3.63) is 70.9 Å². The van der Waals surface area contributed by atoms with Crippen LogP contribution in [-0.2, 0) is 11.3 Å². The van der Waals surface area contributed by atoms with Gasteiger partial charge in [-0.05, 0) is 41.6 Å². The van der Waals surface area contributed by atoms with Crippen molar-refractivity contribution < 1.29 is 14.3 Å². The number of carbonyl (C=O) groups excluding carboxylic acids is 2. The largest absolute Gasteiger partial charge is 0.497 e. The maximum absolute atomic E-state index is 13.1. The van der Waals surface area contributed by atoms with Crippen LogP contribution in [0.1, 0.15) is 17.2 Å². The Bertz CT molecular complexity index is 938. The summed E-state index contributed by atoms with van der Waals surface area (Å²) >= 11 is 1.65. The summed E-state index contributed by atoms with van der Waals surface area (Å²) in [5.74, 6) is 0.719. The maximum atomic E-state index is 13.1. The Morgan fingerprint density at radius 3 is 2.46 bits per heavy atom. The van der Waals surface area contributed by atoms with E-state index in [9.17, 15) is 9.59 Å². The Labute approximate surface area is 167 Å². The third-order valence-corrected chi connectivity index (χ3v) is 5.75. The second-order valence-electron chi connectivity index (χ2n) is 6.71. The molecule has 144 valence electrons. The molecule has 28 heavy (non-hydrogen) atoms. The maximum Gasteiger partial charge on any atom is 0.319 e. The van der Waals surface area contributed by atoms with Crippen LogP contribution in [0.3, 0.4) is 0 Å². The molecular formula is C21H21N3O3S. The zero-order chi connectivity index (χ0) is 19.7. The number of benzene rings is 2. The third-order valence-electron chi connectivity index (χ3n) is 5.00. The summed E-state index contributed by atoms with van der Waals surface area (Å²) in [7, 11) is 1.62. The van der Waals surface area contributed by atoms with Crippen LogP contribution < -0.4 is 15.4 Å². The van der Waals surface area contributed by atoms with Crippen molar-refractivity contribution in [3.8, 4) is 5.75 Å². The van der Waals surface area contributed by atoms with Crippen molar-refractivity contribution in [2.75, 3.05) is 19.9 Å². The smallest absolute Gasteiger partial charge is 0.319 e. The van der Waals surface area contributed by atoms with E-state index in [1.807, 2.05) is 54.8 Å². The van der Waals surface area contributed by atoms with E-state index in [1.54, 1.807) is 23.8 Å². The van der Waals surface area contributed by atoms with Gasteiger partial charge in [-0.3, -0.25) is 4.79 Å². The highest BCUT2D eigenvalue weighted by atomic mass is 32.2. The van der Waals surface area contributed by atoms with E-state index in [2.05, 4.69) is 10.6 Å². The summed E-state index contributed by atoms with van der Waals surface area (Å²) in [6.07, 6.45) is 2.01. The molecule has 2 aromatic rings. The number of carbonyl (C=O) groups is 2. The lowest BCUT2D eigenvalue weighted by Crippen LogP contribution is -2.44. The summed E-state index contributed by atoms with van der Waals surface area (Å²) in [6.45, 7) is 0.872. The normalized spacial score (nSPS) is 18.6. The van der Waals surface area contributed by atoms with Crippen LogP contribution in [0.2, 0.25) is 0 Å². The summed E-state index contributed by atoms with van der Waals surface area (Å²) in [6, 6.07) is 14.9. The number of rotatable bonds is 5. The van der Waals surface area contributed by atoms with E-state index in [-0.39, 0.29) is 11.9 Å². The summed E-state index contributed by atoms with van der Waals surface area (Å²) in [5, 5.41) is 5.70. The zero-order valence-electron chi connectivity index (χ0n) is 15.7. The molecule has 0 spiro atoms. The number of hydrogen-bond donors (Lipinski definition) is 2. The Balaban J connectivity index is 1.57. The number of amides is 3. The predicted molar refractivity (Wildman–Crippen MR) is 108 cm³/mol. The van der Waals surface area contributed by atoms with Gasteiger partial charge in [0, 0.05) is 11.4 Å². The molecule has 7 heteroatoms. The van der Waals surface area contributed by atoms with Gasteiger partial charge in [0.15, 0.2) is 0 Å². The first-order valence-electron chi connectivity index (χ1n) is 8.95. The van der Waals surface area contributed by atoms with Gasteiger partial charge in [-0.15, -0.1) is 11.8 Å². The molecule has 2 heterocycles. The van der Waals surface area contributed by atoms with Gasteiger partial charge >= 0.3 is 6.03 Å². The minimum Gasteiger partial charge on any atom is -0.497 e. The molecule has 0 saturated heterocycles.